The van der Waals surface area contributed by atoms with Crippen molar-refractivity contribution >= 4 is 17.2 Å². The van der Waals surface area contributed by atoms with E-state index in [0.717, 1.165) is 9.75 Å². The van der Waals surface area contributed by atoms with Crippen molar-refractivity contribution < 1.29 is 9.90 Å². The molecule has 0 aliphatic heterocycles. The molecule has 8 heteroatoms. The summed E-state index contributed by atoms with van der Waals surface area (Å²) in [6, 6.07) is 3.75. The molecule has 2 N–H and O–H groups in total. The molecule has 0 bridgehead atoms. The Morgan fingerprint density at radius 1 is 1.53 bits per heavy atom. The van der Waals surface area contributed by atoms with Crippen LogP contribution in [0.25, 0.3) is 0 Å². The zero-order chi connectivity index (χ0) is 13.5. The first-order valence-electron chi connectivity index (χ1n) is 5.44. The lowest BCUT2D eigenvalue weighted by atomic mass is 10.4. The highest BCUT2D eigenvalue weighted by atomic mass is 32.1. The first-order chi connectivity index (χ1) is 9.28. The molecule has 2 aromatic rings. The van der Waals surface area contributed by atoms with Crippen LogP contribution in [0.1, 0.15) is 9.75 Å². The van der Waals surface area contributed by atoms with E-state index in [1.165, 1.54) is 22.3 Å². The van der Waals surface area contributed by atoms with Gasteiger partial charge in [0.05, 0.1) is 11.4 Å². The third-order valence-corrected chi connectivity index (χ3v) is 3.11. The van der Waals surface area contributed by atoms with Crippen molar-refractivity contribution in [2.75, 3.05) is 6.61 Å². The van der Waals surface area contributed by atoms with Crippen molar-refractivity contribution in [3.05, 3.63) is 28.2 Å². The molecule has 7 nitrogen and oxygen atoms in total. The van der Waals surface area contributed by atoms with Crippen LogP contribution >= 0.6 is 11.3 Å². The Balaban J connectivity index is 1.81. The van der Waals surface area contributed by atoms with Gasteiger partial charge in [-0.1, -0.05) is 11.8 Å². The molecule has 2 aromatic heterocycles. The number of nitrogens with zero attached hydrogens (tertiary/aromatic N) is 4. The van der Waals surface area contributed by atoms with Crippen LogP contribution in [0.2, 0.25) is 0 Å². The van der Waals surface area contributed by atoms with E-state index >= 15 is 0 Å². The Labute approximate surface area is 113 Å². The molecule has 0 aromatic carbocycles. The van der Waals surface area contributed by atoms with Gasteiger partial charge in [-0.25, -0.2) is 4.68 Å². The number of hydrogen-bond acceptors (Lipinski definition) is 6. The van der Waals surface area contributed by atoms with Crippen LogP contribution in [0.15, 0.2) is 18.5 Å². The largest absolute Gasteiger partial charge is 0.384 e. The van der Waals surface area contributed by atoms with Crippen LogP contribution in [0.3, 0.4) is 0 Å². The van der Waals surface area contributed by atoms with Gasteiger partial charge in [-0.2, -0.15) is 0 Å². The van der Waals surface area contributed by atoms with E-state index in [9.17, 15) is 4.79 Å². The summed E-state index contributed by atoms with van der Waals surface area (Å²) in [7, 11) is 0. The topological polar surface area (TPSA) is 92.9 Å². The molecule has 2 heterocycles. The normalized spacial score (nSPS) is 9.74. The van der Waals surface area contributed by atoms with E-state index in [2.05, 4.69) is 32.7 Å². The number of rotatable bonds is 4. The predicted octanol–water partition coefficient (Wildman–Crippen LogP) is -0.605. The molecule has 0 fully saturated rings. The number of amides is 1. The number of carbonyl (C=O) groups excluding carboxylic acids is 1. The molecule has 0 unspecified atom stereocenters. The second kappa shape index (κ2) is 6.63. The minimum Gasteiger partial charge on any atom is -0.384 e. The molecular weight excluding hydrogens is 266 g/mol. The third-order valence-electron chi connectivity index (χ3n) is 2.11. The first kappa shape index (κ1) is 13.2. The lowest BCUT2D eigenvalue weighted by Crippen LogP contribution is -2.27. The van der Waals surface area contributed by atoms with E-state index in [1.54, 1.807) is 0 Å². The molecule has 0 aliphatic carbocycles. The number of thiophene rings is 1. The highest BCUT2D eigenvalue weighted by molar-refractivity contribution is 7.12. The maximum absolute atomic E-state index is 11.6. The average Bonchev–Trinajstić information content (AvgIpc) is 3.05. The van der Waals surface area contributed by atoms with E-state index in [0.29, 0.717) is 6.54 Å². The summed E-state index contributed by atoms with van der Waals surface area (Å²) in [6.07, 6.45) is 1.38. The standard InChI is InChI=1S/C11H11N5O2S/c17-5-1-2-9-3-4-10(19-9)6-12-11(18)7-16-8-13-14-15-16/h3-4,8,17H,5-7H2,(H,12,18). The highest BCUT2D eigenvalue weighted by Gasteiger charge is 2.04. The third kappa shape index (κ3) is 4.17. The van der Waals surface area contributed by atoms with Gasteiger partial charge in [0.1, 0.15) is 19.5 Å². The lowest BCUT2D eigenvalue weighted by molar-refractivity contribution is -0.122. The lowest BCUT2D eigenvalue weighted by Gasteiger charge is -2.02. The molecule has 98 valence electrons. The van der Waals surface area contributed by atoms with Crippen molar-refractivity contribution in [1.29, 1.82) is 0 Å². The first-order valence-corrected chi connectivity index (χ1v) is 6.25. The van der Waals surface area contributed by atoms with Gasteiger partial charge in [-0.15, -0.1) is 16.4 Å². The van der Waals surface area contributed by atoms with Crippen LogP contribution in [0, 0.1) is 11.8 Å². The maximum atomic E-state index is 11.6. The fourth-order valence-electron chi connectivity index (χ4n) is 1.31. The summed E-state index contributed by atoms with van der Waals surface area (Å²) in [4.78, 5) is 13.4. The molecule has 0 saturated carbocycles. The number of carbonyl (C=O) groups is 1. The van der Waals surface area contributed by atoms with E-state index in [-0.39, 0.29) is 19.1 Å². The number of aliphatic hydroxyl groups excluding tert-OH is 1. The summed E-state index contributed by atoms with van der Waals surface area (Å²) in [5.74, 6) is 5.23. The molecule has 0 atom stereocenters. The van der Waals surface area contributed by atoms with Gasteiger partial charge in [-0.3, -0.25) is 4.79 Å². The second-order valence-electron chi connectivity index (χ2n) is 3.51. The zero-order valence-corrected chi connectivity index (χ0v) is 10.7. The Morgan fingerprint density at radius 3 is 3.16 bits per heavy atom. The zero-order valence-electron chi connectivity index (χ0n) is 9.91. The fraction of sp³-hybridized carbons (Fsp3) is 0.273. The molecule has 19 heavy (non-hydrogen) atoms. The minimum atomic E-state index is -0.163. The Bertz CT molecular complexity index is 596. The number of nitrogens with one attached hydrogen (secondary N) is 1. The minimum absolute atomic E-state index is 0.0928. The van der Waals surface area contributed by atoms with E-state index in [4.69, 9.17) is 5.11 Å². The van der Waals surface area contributed by atoms with Gasteiger partial charge in [-0.05, 0) is 22.6 Å². The van der Waals surface area contributed by atoms with Crippen LogP contribution in [-0.2, 0) is 17.9 Å². The summed E-state index contributed by atoms with van der Waals surface area (Å²) < 4.78 is 1.35. The summed E-state index contributed by atoms with van der Waals surface area (Å²) in [6.45, 7) is 0.373. The molecular formula is C11H11N5O2S. The highest BCUT2D eigenvalue weighted by Crippen LogP contribution is 2.14. The van der Waals surface area contributed by atoms with Gasteiger partial charge in [0, 0.05) is 4.88 Å². The van der Waals surface area contributed by atoms with E-state index in [1.807, 2.05) is 12.1 Å². The summed E-state index contributed by atoms with van der Waals surface area (Å²) in [5, 5.41) is 21.8. The fourth-order valence-corrected chi connectivity index (χ4v) is 2.13. The number of hydrogen-bond donors (Lipinski definition) is 2. The van der Waals surface area contributed by atoms with Gasteiger partial charge in [0.2, 0.25) is 5.91 Å². The molecule has 0 saturated heterocycles. The van der Waals surface area contributed by atoms with Gasteiger partial charge >= 0.3 is 0 Å². The molecule has 0 radical (unpaired) electrons. The van der Waals surface area contributed by atoms with Crippen molar-refractivity contribution in [3.63, 3.8) is 0 Å². The van der Waals surface area contributed by atoms with Crippen molar-refractivity contribution in [2.45, 2.75) is 13.1 Å². The Morgan fingerprint density at radius 2 is 2.42 bits per heavy atom. The van der Waals surface area contributed by atoms with Crippen LogP contribution in [-0.4, -0.2) is 37.8 Å². The van der Waals surface area contributed by atoms with Gasteiger partial charge in [0.15, 0.2) is 0 Å². The quantitative estimate of drug-likeness (QED) is 0.728. The molecule has 0 aliphatic rings. The van der Waals surface area contributed by atoms with Gasteiger partial charge < -0.3 is 10.4 Å². The summed E-state index contributed by atoms with van der Waals surface area (Å²) in [5.41, 5.74) is 0. The summed E-state index contributed by atoms with van der Waals surface area (Å²) >= 11 is 1.48. The van der Waals surface area contributed by atoms with E-state index < -0.39 is 0 Å². The number of tetrazole rings is 1. The molecule has 0 spiro atoms. The smallest absolute Gasteiger partial charge is 0.242 e. The Kier molecular flexibility index (Phi) is 4.60. The second-order valence-corrected chi connectivity index (χ2v) is 4.68. The maximum Gasteiger partial charge on any atom is 0.242 e. The van der Waals surface area contributed by atoms with Gasteiger partial charge in [0.25, 0.3) is 0 Å². The predicted molar refractivity (Wildman–Crippen MR) is 67.9 cm³/mol. The monoisotopic (exact) mass is 277 g/mol. The van der Waals surface area contributed by atoms with Crippen LogP contribution in [0.4, 0.5) is 0 Å². The van der Waals surface area contributed by atoms with Crippen LogP contribution < -0.4 is 5.32 Å². The number of aliphatic hydroxyl groups is 1. The SMILES string of the molecule is O=C(Cn1cnnn1)NCc1ccc(C#CCO)s1. The Hall–Kier alpha value is -2.24. The molecule has 2 rings (SSSR count). The van der Waals surface area contributed by atoms with Crippen molar-refractivity contribution in [1.82, 2.24) is 25.5 Å². The average molecular weight is 277 g/mol. The molecule has 1 amide bonds. The van der Waals surface area contributed by atoms with Crippen molar-refractivity contribution in [3.8, 4) is 11.8 Å². The number of aromatic nitrogens is 4. The van der Waals surface area contributed by atoms with Crippen LogP contribution in [0.5, 0.6) is 0 Å². The van der Waals surface area contributed by atoms with Crippen molar-refractivity contribution in [2.24, 2.45) is 0 Å².